The van der Waals surface area contributed by atoms with Gasteiger partial charge in [-0.25, -0.2) is 9.78 Å². The highest BCUT2D eigenvalue weighted by atomic mass is 16.5. The van der Waals surface area contributed by atoms with Gasteiger partial charge in [-0.2, -0.15) is 0 Å². The Balaban J connectivity index is 1.56. The van der Waals surface area contributed by atoms with Crippen LogP contribution in [0.4, 0.5) is 10.5 Å². The molecule has 1 heterocycles. The number of nitrogens with one attached hydrogen (secondary N) is 2. The molecule has 0 atom stereocenters. The van der Waals surface area contributed by atoms with Crippen molar-refractivity contribution in [3.8, 4) is 11.4 Å². The summed E-state index contributed by atoms with van der Waals surface area (Å²) in [6.45, 7) is 2.40. The minimum absolute atomic E-state index is 0.261. The zero-order valence-electron chi connectivity index (χ0n) is 14.2. The molecule has 0 fully saturated rings. The molecule has 0 unspecified atom stereocenters. The first kappa shape index (κ1) is 16.6. The molecule has 6 heteroatoms. The summed E-state index contributed by atoms with van der Waals surface area (Å²) in [5.41, 5.74) is 2.74. The van der Waals surface area contributed by atoms with Crippen LogP contribution in [0.5, 0.6) is 5.75 Å². The van der Waals surface area contributed by atoms with E-state index >= 15 is 0 Å². The molecule has 0 saturated carbocycles. The molecule has 1 aromatic heterocycles. The number of nitrogens with zero attached hydrogens (tertiary/aromatic N) is 2. The van der Waals surface area contributed by atoms with Gasteiger partial charge in [-0.05, 0) is 36.8 Å². The number of rotatable bonds is 5. The molecule has 0 aliphatic rings. The van der Waals surface area contributed by atoms with Crippen molar-refractivity contribution in [1.29, 1.82) is 0 Å². The Morgan fingerprint density at radius 2 is 2.00 bits per heavy atom. The van der Waals surface area contributed by atoms with Gasteiger partial charge >= 0.3 is 6.03 Å². The van der Waals surface area contributed by atoms with E-state index in [-0.39, 0.29) is 6.03 Å². The molecule has 3 rings (SSSR count). The maximum Gasteiger partial charge on any atom is 0.319 e. The summed E-state index contributed by atoms with van der Waals surface area (Å²) >= 11 is 0. The number of carbonyl (C=O) groups is 1. The maximum atomic E-state index is 12.0. The lowest BCUT2D eigenvalue weighted by atomic mass is 10.2. The number of imidazole rings is 1. The van der Waals surface area contributed by atoms with E-state index in [0.29, 0.717) is 18.0 Å². The largest absolute Gasteiger partial charge is 0.497 e. The van der Waals surface area contributed by atoms with Gasteiger partial charge in [-0.15, -0.1) is 0 Å². The summed E-state index contributed by atoms with van der Waals surface area (Å²) in [7, 11) is 1.59. The Morgan fingerprint density at radius 1 is 1.20 bits per heavy atom. The van der Waals surface area contributed by atoms with E-state index in [2.05, 4.69) is 15.6 Å². The van der Waals surface area contributed by atoms with Crippen molar-refractivity contribution in [1.82, 2.24) is 14.9 Å². The number of aryl methyl sites for hydroxylation is 1. The summed E-state index contributed by atoms with van der Waals surface area (Å²) in [5.74, 6) is 1.63. The molecule has 0 spiro atoms. The molecule has 25 heavy (non-hydrogen) atoms. The first-order chi connectivity index (χ1) is 12.2. The molecular weight excluding hydrogens is 316 g/mol. The summed E-state index contributed by atoms with van der Waals surface area (Å²) in [4.78, 5) is 16.2. The highest BCUT2D eigenvalue weighted by molar-refractivity contribution is 5.89. The van der Waals surface area contributed by atoms with Crippen LogP contribution in [0.3, 0.4) is 0 Å². The van der Waals surface area contributed by atoms with E-state index in [1.165, 1.54) is 0 Å². The average molecular weight is 336 g/mol. The lowest BCUT2D eigenvalue weighted by Crippen LogP contribution is -2.28. The molecule has 6 nitrogen and oxygen atoms in total. The van der Waals surface area contributed by atoms with Gasteiger partial charge in [-0.3, -0.25) is 0 Å². The molecule has 0 saturated heterocycles. The van der Waals surface area contributed by atoms with Crippen LogP contribution in [0.2, 0.25) is 0 Å². The van der Waals surface area contributed by atoms with Gasteiger partial charge in [0.1, 0.15) is 11.6 Å². The van der Waals surface area contributed by atoms with Crippen molar-refractivity contribution in [2.75, 3.05) is 12.4 Å². The molecule has 2 aromatic carbocycles. The minimum atomic E-state index is -0.261. The second kappa shape index (κ2) is 7.53. The highest BCUT2D eigenvalue weighted by Gasteiger charge is 2.04. The van der Waals surface area contributed by atoms with E-state index in [1.807, 2.05) is 60.2 Å². The first-order valence-electron chi connectivity index (χ1n) is 7.94. The van der Waals surface area contributed by atoms with E-state index in [9.17, 15) is 4.79 Å². The Hall–Kier alpha value is -3.28. The van der Waals surface area contributed by atoms with Gasteiger partial charge in [0.15, 0.2) is 0 Å². The topological polar surface area (TPSA) is 68.2 Å². The van der Waals surface area contributed by atoms with Crippen molar-refractivity contribution in [3.05, 3.63) is 72.3 Å². The van der Waals surface area contributed by atoms with Crippen LogP contribution in [0.1, 0.15) is 11.4 Å². The first-order valence-corrected chi connectivity index (χ1v) is 7.94. The average Bonchev–Trinajstić information content (AvgIpc) is 3.06. The quantitative estimate of drug-likeness (QED) is 0.749. The number of hydrogen-bond acceptors (Lipinski definition) is 3. The summed E-state index contributed by atoms with van der Waals surface area (Å²) in [6.07, 6.45) is 3.69. The molecule has 0 aliphatic heterocycles. The number of urea groups is 1. The number of anilines is 1. The summed E-state index contributed by atoms with van der Waals surface area (Å²) in [6, 6.07) is 14.9. The molecule has 0 aliphatic carbocycles. The number of amides is 2. The third-order valence-electron chi connectivity index (χ3n) is 3.82. The molecule has 2 amide bonds. The second-order valence-corrected chi connectivity index (χ2v) is 5.55. The van der Waals surface area contributed by atoms with E-state index in [0.717, 1.165) is 17.1 Å². The number of methoxy groups -OCH3 is 1. The van der Waals surface area contributed by atoms with Crippen LogP contribution < -0.4 is 15.4 Å². The Bertz CT molecular complexity index is 856. The Labute approximate surface area is 146 Å². The van der Waals surface area contributed by atoms with E-state index in [1.54, 1.807) is 19.4 Å². The second-order valence-electron chi connectivity index (χ2n) is 5.55. The lowest BCUT2D eigenvalue weighted by Gasteiger charge is -2.10. The van der Waals surface area contributed by atoms with Gasteiger partial charge in [0.05, 0.1) is 7.11 Å². The van der Waals surface area contributed by atoms with Crippen LogP contribution in [0.25, 0.3) is 5.69 Å². The normalized spacial score (nSPS) is 10.3. The molecule has 2 N–H and O–H groups in total. The zero-order valence-corrected chi connectivity index (χ0v) is 14.2. The number of ether oxygens (including phenoxy) is 1. The van der Waals surface area contributed by atoms with Gasteiger partial charge in [0.2, 0.25) is 0 Å². The number of carbonyl (C=O) groups excluding carboxylic acids is 1. The summed E-state index contributed by atoms with van der Waals surface area (Å²) < 4.78 is 7.14. The van der Waals surface area contributed by atoms with Crippen molar-refractivity contribution < 1.29 is 9.53 Å². The minimum Gasteiger partial charge on any atom is -0.497 e. The van der Waals surface area contributed by atoms with Crippen molar-refractivity contribution in [3.63, 3.8) is 0 Å². The standard InChI is InChI=1S/C19H20N4O2/c1-14-20-10-11-23(14)17-8-6-15(7-9-17)13-21-19(24)22-16-4-3-5-18(12-16)25-2/h3-12H,13H2,1-2H3,(H2,21,22,24). The Kier molecular flexibility index (Phi) is 4.99. The monoisotopic (exact) mass is 336 g/mol. The van der Waals surface area contributed by atoms with Gasteiger partial charge in [-0.1, -0.05) is 18.2 Å². The molecular formula is C19H20N4O2. The van der Waals surface area contributed by atoms with Gasteiger partial charge < -0.3 is 19.9 Å². The molecule has 0 radical (unpaired) electrons. The number of benzene rings is 2. The fraction of sp³-hybridized carbons (Fsp3) is 0.158. The highest BCUT2D eigenvalue weighted by Crippen LogP contribution is 2.16. The molecule has 0 bridgehead atoms. The number of aromatic nitrogens is 2. The zero-order chi connectivity index (χ0) is 17.6. The van der Waals surface area contributed by atoms with Crippen LogP contribution in [0.15, 0.2) is 60.9 Å². The van der Waals surface area contributed by atoms with Crippen LogP contribution in [-0.4, -0.2) is 22.7 Å². The van der Waals surface area contributed by atoms with E-state index in [4.69, 9.17) is 4.74 Å². The van der Waals surface area contributed by atoms with Crippen molar-refractivity contribution in [2.45, 2.75) is 13.5 Å². The lowest BCUT2D eigenvalue weighted by molar-refractivity contribution is 0.251. The van der Waals surface area contributed by atoms with Gasteiger partial charge in [0, 0.05) is 36.4 Å². The van der Waals surface area contributed by atoms with Crippen molar-refractivity contribution in [2.24, 2.45) is 0 Å². The fourth-order valence-electron chi connectivity index (χ4n) is 2.48. The predicted octanol–water partition coefficient (Wildman–Crippen LogP) is 3.51. The third kappa shape index (κ3) is 4.17. The molecule has 128 valence electrons. The fourth-order valence-corrected chi connectivity index (χ4v) is 2.48. The van der Waals surface area contributed by atoms with E-state index < -0.39 is 0 Å². The van der Waals surface area contributed by atoms with Gasteiger partial charge in [0.25, 0.3) is 0 Å². The van der Waals surface area contributed by atoms with Crippen LogP contribution >= 0.6 is 0 Å². The smallest absolute Gasteiger partial charge is 0.319 e. The maximum absolute atomic E-state index is 12.0. The third-order valence-corrected chi connectivity index (χ3v) is 3.82. The van der Waals surface area contributed by atoms with Crippen LogP contribution in [-0.2, 0) is 6.54 Å². The van der Waals surface area contributed by atoms with Crippen molar-refractivity contribution >= 4 is 11.7 Å². The Morgan fingerprint density at radius 3 is 2.68 bits per heavy atom. The summed E-state index contributed by atoms with van der Waals surface area (Å²) in [5, 5.41) is 5.63. The number of hydrogen-bond donors (Lipinski definition) is 2. The molecule has 3 aromatic rings. The van der Waals surface area contributed by atoms with Crippen LogP contribution in [0, 0.1) is 6.92 Å². The predicted molar refractivity (Wildman–Crippen MR) is 97.2 cm³/mol. The SMILES string of the molecule is COc1cccc(NC(=O)NCc2ccc(-n3ccnc3C)cc2)c1.